The number of hydrogen-bond donors (Lipinski definition) is 3. The van der Waals surface area contributed by atoms with Crippen molar-refractivity contribution in [2.45, 2.75) is 122 Å². The zero-order valence-electron chi connectivity index (χ0n) is 28.9. The van der Waals surface area contributed by atoms with Crippen molar-refractivity contribution in [3.05, 3.63) is 28.3 Å². The smallest absolute Gasteiger partial charge is 0.408 e. The van der Waals surface area contributed by atoms with Gasteiger partial charge in [-0.25, -0.2) is 4.79 Å². The van der Waals surface area contributed by atoms with Crippen LogP contribution in [0, 0.1) is 18.3 Å². The number of alkyl carbamates (subject to hydrolysis) is 1. The van der Waals surface area contributed by atoms with Gasteiger partial charge in [0.05, 0.1) is 29.9 Å². The molecule has 5 rings (SSSR count). The second kappa shape index (κ2) is 14.5. The van der Waals surface area contributed by atoms with E-state index in [1.165, 1.54) is 4.90 Å². The van der Waals surface area contributed by atoms with Crippen LogP contribution in [0.5, 0.6) is 5.75 Å². The van der Waals surface area contributed by atoms with Crippen molar-refractivity contribution >= 4 is 46.9 Å². The van der Waals surface area contributed by atoms with E-state index in [0.29, 0.717) is 28.7 Å². The maximum atomic E-state index is 14.5. The molecule has 4 aliphatic rings. The Morgan fingerprint density at radius 3 is 2.41 bits per heavy atom. The number of benzene rings is 1. The zero-order valence-corrected chi connectivity index (χ0v) is 29.7. The van der Waals surface area contributed by atoms with Crippen molar-refractivity contribution in [2.24, 2.45) is 22.2 Å². The van der Waals surface area contributed by atoms with Crippen LogP contribution in [0.25, 0.3) is 0 Å². The van der Waals surface area contributed by atoms with Crippen LogP contribution < -0.4 is 21.1 Å². The number of likely N-dealkylation sites (tertiary alicyclic amines) is 1. The molecule has 49 heavy (non-hydrogen) atoms. The van der Waals surface area contributed by atoms with Gasteiger partial charge in [-0.15, -0.1) is 0 Å². The van der Waals surface area contributed by atoms with Gasteiger partial charge in [0.2, 0.25) is 17.6 Å². The molecular weight excluding hydrogens is 654 g/mol. The van der Waals surface area contributed by atoms with E-state index in [1.54, 1.807) is 6.07 Å². The molecule has 3 fully saturated rings. The summed E-state index contributed by atoms with van der Waals surface area (Å²) in [5, 5.41) is 10.3. The molecule has 14 heteroatoms. The van der Waals surface area contributed by atoms with Crippen LogP contribution in [-0.4, -0.2) is 83.2 Å². The minimum Gasteiger partial charge on any atom is -0.492 e. The number of carbonyl (C=O) groups is 5. The molecular formula is C35H48ClN5O8. The number of rotatable bonds is 12. The number of amides is 4. The van der Waals surface area contributed by atoms with Gasteiger partial charge in [0, 0.05) is 18.4 Å². The molecule has 13 nitrogen and oxygen atoms in total. The normalized spacial score (nSPS) is 23.4. The largest absolute Gasteiger partial charge is 0.492 e. The Balaban J connectivity index is 1.41. The summed E-state index contributed by atoms with van der Waals surface area (Å²) >= 11 is 6.55. The summed E-state index contributed by atoms with van der Waals surface area (Å²) in [5.41, 5.74) is 5.60. The number of aryl methyl sites for hydroxylation is 1. The van der Waals surface area contributed by atoms with Crippen molar-refractivity contribution < 1.29 is 38.3 Å². The average molecular weight is 702 g/mol. The molecule has 0 bridgehead atoms. The van der Waals surface area contributed by atoms with Gasteiger partial charge < -0.3 is 35.6 Å². The first-order chi connectivity index (χ1) is 23.1. The summed E-state index contributed by atoms with van der Waals surface area (Å²) in [7, 11) is 0. The van der Waals surface area contributed by atoms with Gasteiger partial charge in [-0.1, -0.05) is 50.4 Å². The molecule has 2 saturated carbocycles. The molecule has 2 heterocycles. The number of hydrogen-bond acceptors (Lipinski definition) is 9. The summed E-state index contributed by atoms with van der Waals surface area (Å²) in [6, 6.07) is 0.363. The zero-order chi connectivity index (χ0) is 35.7. The van der Waals surface area contributed by atoms with Crippen molar-refractivity contribution in [2.75, 3.05) is 13.2 Å². The maximum Gasteiger partial charge on any atom is 0.408 e. The van der Waals surface area contributed by atoms with Gasteiger partial charge in [-0.3, -0.25) is 19.2 Å². The Labute approximate surface area is 291 Å². The minimum atomic E-state index is -1.14. The highest BCUT2D eigenvalue weighted by Gasteiger charge is 2.56. The van der Waals surface area contributed by atoms with Gasteiger partial charge >= 0.3 is 6.09 Å². The van der Waals surface area contributed by atoms with Gasteiger partial charge in [-0.05, 0) is 75.0 Å². The third-order valence-corrected chi connectivity index (χ3v) is 10.0. The van der Waals surface area contributed by atoms with Gasteiger partial charge in [0.25, 0.3) is 5.91 Å². The maximum absolute atomic E-state index is 14.5. The standard InChI is InChI=1S/C35H48ClN5O8/c1-6-47-28-19(2)13-21(15-23(28)36)25-16-35(49-40-25)17-26(31(44)38-24(14-20-11-12-20)27(42)30(37)43)41(18-35)32(45)29(34(3,4)5)39-33(46)48-22-9-7-8-10-22/h13,15,20,22,24,26,29H,6-12,14,16-18H2,1-5H3,(H2,37,43)(H,38,44)(H,39,46)/t24-,26-,29+,35+/m0/s1. The van der Waals surface area contributed by atoms with Crippen LogP contribution in [0.3, 0.4) is 0 Å². The number of nitrogens with zero attached hydrogens (tertiary/aromatic N) is 2. The first kappa shape index (κ1) is 36.4. The summed E-state index contributed by atoms with van der Waals surface area (Å²) < 4.78 is 11.3. The van der Waals surface area contributed by atoms with Gasteiger partial charge in [0.1, 0.15) is 23.9 Å². The molecule has 268 valence electrons. The third-order valence-electron chi connectivity index (χ3n) is 9.77. The molecule has 1 spiro atoms. The molecule has 1 saturated heterocycles. The lowest BCUT2D eigenvalue weighted by molar-refractivity contribution is -0.143. The van der Waals surface area contributed by atoms with E-state index in [2.05, 4.69) is 15.8 Å². The Hall–Kier alpha value is -3.87. The van der Waals surface area contributed by atoms with Crippen LogP contribution in [-0.2, 0) is 28.8 Å². The Morgan fingerprint density at radius 2 is 1.82 bits per heavy atom. The second-order valence-electron chi connectivity index (χ2n) is 14.9. The summed E-state index contributed by atoms with van der Waals surface area (Å²) in [6.07, 6.45) is 4.92. The van der Waals surface area contributed by atoms with E-state index >= 15 is 0 Å². The predicted molar refractivity (Wildman–Crippen MR) is 181 cm³/mol. The molecule has 4 amide bonds. The molecule has 0 unspecified atom stereocenters. The van der Waals surface area contributed by atoms with Crippen molar-refractivity contribution in [3.63, 3.8) is 0 Å². The number of ketones is 1. The predicted octanol–water partition coefficient (Wildman–Crippen LogP) is 3.93. The third kappa shape index (κ3) is 8.48. The molecule has 0 aromatic heterocycles. The lowest BCUT2D eigenvalue weighted by Gasteiger charge is -2.35. The fourth-order valence-corrected chi connectivity index (χ4v) is 7.31. The summed E-state index contributed by atoms with van der Waals surface area (Å²) in [4.78, 5) is 73.7. The first-order valence-electron chi connectivity index (χ1n) is 17.2. The number of primary amides is 1. The van der Waals surface area contributed by atoms with Crippen molar-refractivity contribution in [1.82, 2.24) is 15.5 Å². The van der Waals surface area contributed by atoms with Crippen LogP contribution in [0.15, 0.2) is 17.3 Å². The first-order valence-corrected chi connectivity index (χ1v) is 17.6. The fraction of sp³-hybridized carbons (Fsp3) is 0.657. The number of nitrogens with two attached hydrogens (primary N) is 1. The molecule has 2 aliphatic heterocycles. The summed E-state index contributed by atoms with van der Waals surface area (Å²) in [5.74, 6) is -2.38. The SMILES string of the molecule is CCOc1c(C)cc(C2=NO[C@]3(C2)C[C@@H](C(=O)N[C@@H](CC2CC2)C(=O)C(N)=O)N(C(=O)[C@@H](NC(=O)OC2CCCC2)C(C)(C)C)C3)cc1Cl. The monoisotopic (exact) mass is 701 g/mol. The number of oxime groups is 1. The Kier molecular flexibility index (Phi) is 10.8. The van der Waals surface area contributed by atoms with E-state index in [-0.39, 0.29) is 37.8 Å². The fourth-order valence-electron chi connectivity index (χ4n) is 6.99. The number of Topliss-reactive ketones (excluding diaryl/α,β-unsaturated/α-hetero) is 1. The highest BCUT2D eigenvalue weighted by molar-refractivity contribution is 6.38. The van der Waals surface area contributed by atoms with Gasteiger partial charge in [-0.2, -0.15) is 0 Å². The molecule has 1 aromatic carbocycles. The topological polar surface area (TPSA) is 179 Å². The van der Waals surface area contributed by atoms with E-state index in [1.807, 2.05) is 40.7 Å². The van der Waals surface area contributed by atoms with Crippen molar-refractivity contribution in [1.29, 1.82) is 0 Å². The summed E-state index contributed by atoms with van der Waals surface area (Å²) in [6.45, 7) is 9.63. The van der Waals surface area contributed by atoms with Crippen LogP contribution in [0.2, 0.25) is 5.02 Å². The number of ether oxygens (including phenoxy) is 2. The second-order valence-corrected chi connectivity index (χ2v) is 15.3. The molecule has 4 N–H and O–H groups in total. The quantitative estimate of drug-likeness (QED) is 0.274. The van der Waals surface area contributed by atoms with Crippen LogP contribution in [0.4, 0.5) is 4.79 Å². The van der Waals surface area contributed by atoms with E-state index in [4.69, 9.17) is 31.6 Å². The number of carbonyl (C=O) groups excluding carboxylic acids is 5. The average Bonchev–Trinajstić information content (AvgIpc) is 3.37. The highest BCUT2D eigenvalue weighted by Crippen LogP contribution is 2.41. The van der Waals surface area contributed by atoms with Crippen LogP contribution in [0.1, 0.15) is 96.6 Å². The van der Waals surface area contributed by atoms with E-state index in [9.17, 15) is 24.0 Å². The molecule has 4 atom stereocenters. The van der Waals surface area contributed by atoms with Crippen molar-refractivity contribution in [3.8, 4) is 5.75 Å². The Morgan fingerprint density at radius 1 is 1.12 bits per heavy atom. The molecule has 2 aliphatic carbocycles. The van der Waals surface area contributed by atoms with Gasteiger partial charge in [0.15, 0.2) is 5.60 Å². The Bertz CT molecular complexity index is 1490. The highest BCUT2D eigenvalue weighted by atomic mass is 35.5. The van der Waals surface area contributed by atoms with E-state index < -0.39 is 58.7 Å². The lowest BCUT2D eigenvalue weighted by Crippen LogP contribution is -2.59. The number of halogens is 1. The van der Waals surface area contributed by atoms with E-state index in [0.717, 1.165) is 44.1 Å². The number of nitrogens with one attached hydrogen (secondary N) is 2. The minimum absolute atomic E-state index is 0.0242. The molecule has 0 radical (unpaired) electrons. The van der Waals surface area contributed by atoms with Crippen LogP contribution >= 0.6 is 11.6 Å². The lowest BCUT2D eigenvalue weighted by atomic mass is 9.85. The molecule has 1 aromatic rings.